The third-order valence-electron chi connectivity index (χ3n) is 5.12. The molecule has 1 N–H and O–H groups in total. The number of rotatable bonds is 6. The van der Waals surface area contributed by atoms with Crippen molar-refractivity contribution in [3.63, 3.8) is 0 Å². The smallest absolute Gasteiger partial charge is 0.306 e. The van der Waals surface area contributed by atoms with Crippen LogP contribution in [-0.2, 0) is 14.6 Å². The number of hydrogen-bond acceptors (Lipinski definition) is 3. The lowest BCUT2D eigenvalue weighted by molar-refractivity contribution is -0.142. The molecule has 1 aliphatic carbocycles. The fourth-order valence-electron chi connectivity index (χ4n) is 3.76. The summed E-state index contributed by atoms with van der Waals surface area (Å²) in [6, 6.07) is 8.43. The fourth-order valence-corrected chi connectivity index (χ4v) is 5.97. The summed E-state index contributed by atoms with van der Waals surface area (Å²) in [7, 11) is -3.70. The second kappa shape index (κ2) is 14.0. The van der Waals surface area contributed by atoms with Crippen molar-refractivity contribution in [3.8, 4) is 0 Å². The Morgan fingerprint density at radius 3 is 2.20 bits per heavy atom. The molecule has 0 amide bonds. The summed E-state index contributed by atoms with van der Waals surface area (Å²) in [5, 5.41) is 9.40. The Balaban J connectivity index is 0.00000198. The summed E-state index contributed by atoms with van der Waals surface area (Å²) < 4.78 is 26.2. The van der Waals surface area contributed by atoms with Crippen LogP contribution in [0.15, 0.2) is 71.7 Å². The van der Waals surface area contributed by atoms with E-state index >= 15 is 0 Å². The van der Waals surface area contributed by atoms with Crippen molar-refractivity contribution in [2.24, 2.45) is 5.92 Å². The minimum Gasteiger partial charge on any atom is -0.481 e. The van der Waals surface area contributed by atoms with Gasteiger partial charge in [0.05, 0.1) is 10.8 Å². The van der Waals surface area contributed by atoms with E-state index in [1.807, 2.05) is 46.8 Å². The molecule has 1 fully saturated rings. The van der Waals surface area contributed by atoms with Gasteiger partial charge in [0.25, 0.3) is 0 Å². The summed E-state index contributed by atoms with van der Waals surface area (Å²) in [5.74, 6) is -1.35. The van der Waals surface area contributed by atoms with Crippen LogP contribution in [0.5, 0.6) is 0 Å². The molecule has 0 saturated heterocycles. The molecule has 0 aromatic heterocycles. The van der Waals surface area contributed by atoms with Gasteiger partial charge in [-0.3, -0.25) is 4.79 Å². The minimum atomic E-state index is -3.70. The zero-order chi connectivity index (χ0) is 23.2. The largest absolute Gasteiger partial charge is 0.481 e. The van der Waals surface area contributed by atoms with Crippen LogP contribution in [0.25, 0.3) is 0 Å². The highest BCUT2D eigenvalue weighted by Gasteiger charge is 2.48. The normalized spacial score (nSPS) is 22.0. The Bertz CT molecular complexity index is 807. The Hall–Kier alpha value is -2.14. The number of sulfone groups is 1. The van der Waals surface area contributed by atoms with E-state index in [0.717, 1.165) is 0 Å². The van der Waals surface area contributed by atoms with E-state index in [0.29, 0.717) is 31.3 Å². The zero-order valence-electron chi connectivity index (χ0n) is 19.1. The molecule has 5 heteroatoms. The number of carboxylic acid groups (broad SMARTS) is 1. The van der Waals surface area contributed by atoms with Crippen LogP contribution in [0.4, 0.5) is 0 Å². The molecule has 2 rings (SSSR count). The first-order valence-electron chi connectivity index (χ1n) is 10.9. The zero-order valence-corrected chi connectivity index (χ0v) is 19.9. The van der Waals surface area contributed by atoms with Gasteiger partial charge in [-0.25, -0.2) is 8.42 Å². The van der Waals surface area contributed by atoms with Crippen molar-refractivity contribution in [1.82, 2.24) is 0 Å². The molecule has 1 saturated carbocycles. The van der Waals surface area contributed by atoms with Crippen LogP contribution in [-0.4, -0.2) is 24.2 Å². The van der Waals surface area contributed by atoms with Crippen LogP contribution in [0.2, 0.25) is 0 Å². The van der Waals surface area contributed by atoms with Gasteiger partial charge in [-0.2, -0.15) is 0 Å². The van der Waals surface area contributed by atoms with E-state index in [4.69, 9.17) is 0 Å². The van der Waals surface area contributed by atoms with Crippen molar-refractivity contribution in [3.05, 3.63) is 66.8 Å². The molecule has 1 aliphatic rings. The van der Waals surface area contributed by atoms with Crippen LogP contribution in [0.1, 0.15) is 66.7 Å². The molecule has 2 atom stereocenters. The summed E-state index contributed by atoms with van der Waals surface area (Å²) in [5.41, 5.74) is 0.671. The minimum absolute atomic E-state index is 0.272. The summed E-state index contributed by atoms with van der Waals surface area (Å²) in [4.78, 5) is 11.7. The number of benzene rings is 1. The second-order valence-corrected chi connectivity index (χ2v) is 8.89. The van der Waals surface area contributed by atoms with E-state index in [9.17, 15) is 18.3 Å². The van der Waals surface area contributed by atoms with Gasteiger partial charge in [-0.15, -0.1) is 0 Å². The van der Waals surface area contributed by atoms with Crippen LogP contribution in [0.3, 0.4) is 0 Å². The standard InChI is InChI=1S/C21H26O4S.2C2H6/c1-3-9-18(10-4-2)21(15-8-11-17(14-16-21)20(22)23)26(24,25)19-12-6-5-7-13-19;2*1-2/h3-7,9-10,12-13,17H,1,8,11,14-16H2,2H3,(H,22,23);2*1-2H3/b10-4-,18-9+;;. The van der Waals surface area contributed by atoms with Gasteiger partial charge in [-0.05, 0) is 50.3 Å². The predicted octanol–water partition coefficient (Wildman–Crippen LogP) is 6.60. The van der Waals surface area contributed by atoms with Crippen LogP contribution >= 0.6 is 0 Å². The van der Waals surface area contributed by atoms with E-state index in [1.165, 1.54) is 0 Å². The monoisotopic (exact) mass is 434 g/mol. The lowest BCUT2D eigenvalue weighted by atomic mass is 9.89. The number of carboxylic acids is 1. The third-order valence-corrected chi connectivity index (χ3v) is 7.68. The average molecular weight is 435 g/mol. The first-order valence-corrected chi connectivity index (χ1v) is 12.4. The first kappa shape index (κ1) is 27.9. The van der Waals surface area contributed by atoms with Crippen molar-refractivity contribution < 1.29 is 18.3 Å². The van der Waals surface area contributed by atoms with Gasteiger partial charge in [0, 0.05) is 0 Å². The topological polar surface area (TPSA) is 71.4 Å². The van der Waals surface area contributed by atoms with E-state index < -0.39 is 26.5 Å². The molecule has 1 aromatic carbocycles. The van der Waals surface area contributed by atoms with E-state index in [2.05, 4.69) is 6.58 Å². The molecule has 0 bridgehead atoms. The maximum atomic E-state index is 13.7. The molecule has 0 spiro atoms. The van der Waals surface area contributed by atoms with E-state index in [1.54, 1.807) is 42.5 Å². The Kier molecular flexibility index (Phi) is 13.0. The molecule has 2 unspecified atom stereocenters. The van der Waals surface area contributed by atoms with Crippen molar-refractivity contribution in [2.75, 3.05) is 0 Å². The average Bonchev–Trinajstić information content (AvgIpc) is 3.01. The van der Waals surface area contributed by atoms with Gasteiger partial charge in [0.2, 0.25) is 0 Å². The van der Waals surface area contributed by atoms with Gasteiger partial charge < -0.3 is 5.11 Å². The van der Waals surface area contributed by atoms with Crippen molar-refractivity contribution in [1.29, 1.82) is 0 Å². The SMILES string of the molecule is C=C/C=C(\C=C/C)C1(S(=O)(=O)c2ccccc2)CCCC(C(=O)O)CC1.CC.CC. The summed E-state index contributed by atoms with van der Waals surface area (Å²) >= 11 is 0. The van der Waals surface area contributed by atoms with Crippen molar-refractivity contribution >= 4 is 15.8 Å². The quantitative estimate of drug-likeness (QED) is 0.404. The fraction of sp³-hybridized carbons (Fsp3) is 0.480. The molecule has 1 aromatic rings. The predicted molar refractivity (Wildman–Crippen MR) is 126 cm³/mol. The highest BCUT2D eigenvalue weighted by molar-refractivity contribution is 7.93. The second-order valence-electron chi connectivity index (χ2n) is 6.63. The first-order chi connectivity index (χ1) is 14.4. The lowest BCUT2D eigenvalue weighted by Gasteiger charge is -2.34. The van der Waals surface area contributed by atoms with Crippen molar-refractivity contribution in [2.45, 2.75) is 76.4 Å². The van der Waals surface area contributed by atoms with Crippen LogP contribution in [0, 0.1) is 5.92 Å². The molecular formula is C25H38O4S. The van der Waals surface area contributed by atoms with E-state index in [-0.39, 0.29) is 11.3 Å². The molecule has 0 aliphatic heterocycles. The number of carbonyl (C=O) groups is 1. The summed E-state index contributed by atoms with van der Waals surface area (Å²) in [6.45, 7) is 13.6. The highest BCUT2D eigenvalue weighted by Crippen LogP contribution is 2.45. The molecule has 4 nitrogen and oxygen atoms in total. The van der Waals surface area contributed by atoms with Gasteiger partial charge in [0.1, 0.15) is 4.75 Å². The maximum absolute atomic E-state index is 13.7. The van der Waals surface area contributed by atoms with Gasteiger partial charge in [-0.1, -0.05) is 83.2 Å². The number of allylic oxidation sites excluding steroid dienone is 4. The third kappa shape index (κ3) is 6.43. The van der Waals surface area contributed by atoms with Crippen LogP contribution < -0.4 is 0 Å². The number of hydrogen-bond donors (Lipinski definition) is 1. The molecule has 0 radical (unpaired) electrons. The maximum Gasteiger partial charge on any atom is 0.306 e. The number of aliphatic carboxylic acids is 1. The van der Waals surface area contributed by atoms with Gasteiger partial charge in [0.15, 0.2) is 9.84 Å². The highest BCUT2D eigenvalue weighted by atomic mass is 32.2. The Morgan fingerprint density at radius 2 is 1.70 bits per heavy atom. The van der Waals surface area contributed by atoms with Gasteiger partial charge >= 0.3 is 5.97 Å². The molecular weight excluding hydrogens is 396 g/mol. The molecule has 30 heavy (non-hydrogen) atoms. The lowest BCUT2D eigenvalue weighted by Crippen LogP contribution is -2.40. The molecule has 168 valence electrons. The summed E-state index contributed by atoms with van der Waals surface area (Å²) in [6.07, 6.45) is 9.03. The molecule has 0 heterocycles. The Morgan fingerprint density at radius 1 is 1.10 bits per heavy atom. The Labute approximate surface area is 183 Å².